The smallest absolute Gasteiger partial charge is 0.271 e. The molecule has 4 aromatic rings. The average molecular weight is 314 g/mol. The molecule has 5 nitrogen and oxygen atoms in total. The normalized spacial score (nSPS) is 11.3. The minimum Gasteiger partial charge on any atom is -0.361 e. The predicted octanol–water partition coefficient (Wildman–Crippen LogP) is 3.48. The molecular formula is C19H14N4O. The zero-order valence-electron chi connectivity index (χ0n) is 12.7. The Morgan fingerprint density at radius 3 is 3.00 bits per heavy atom. The number of aromatic amines is 1. The van der Waals surface area contributed by atoms with Gasteiger partial charge in [0, 0.05) is 39.8 Å². The van der Waals surface area contributed by atoms with Gasteiger partial charge >= 0.3 is 0 Å². The van der Waals surface area contributed by atoms with Crippen LogP contribution in [0.25, 0.3) is 21.8 Å². The second kappa shape index (κ2) is 5.96. The molecule has 2 N–H and O–H groups in total. The Balaban J connectivity index is 1.53. The summed E-state index contributed by atoms with van der Waals surface area (Å²) in [5.41, 5.74) is 5.93. The maximum absolute atomic E-state index is 12.2. The number of carbonyl (C=O) groups is 1. The van der Waals surface area contributed by atoms with Crippen molar-refractivity contribution in [2.45, 2.75) is 0 Å². The fourth-order valence-electron chi connectivity index (χ4n) is 2.64. The van der Waals surface area contributed by atoms with Crippen molar-refractivity contribution in [3.05, 3.63) is 78.1 Å². The summed E-state index contributed by atoms with van der Waals surface area (Å²) in [7, 11) is 0. The number of nitrogens with zero attached hydrogens (tertiary/aromatic N) is 2. The number of rotatable bonds is 3. The molecule has 1 amide bonds. The molecule has 0 aliphatic heterocycles. The molecule has 0 spiro atoms. The Morgan fingerprint density at radius 2 is 2.04 bits per heavy atom. The number of amides is 1. The Kier molecular flexibility index (Phi) is 3.51. The number of fused-ring (bicyclic) bond motifs is 2. The van der Waals surface area contributed by atoms with Crippen LogP contribution in [-0.4, -0.2) is 22.1 Å². The molecule has 5 heteroatoms. The van der Waals surface area contributed by atoms with Crippen molar-refractivity contribution in [1.82, 2.24) is 15.4 Å². The molecule has 0 aliphatic rings. The Hall–Kier alpha value is -3.47. The van der Waals surface area contributed by atoms with Crippen molar-refractivity contribution < 1.29 is 4.79 Å². The SMILES string of the molecule is O=C(N/N=C/c1c[nH]c2ccccc12)c1ccc2ncccc2c1. The zero-order chi connectivity index (χ0) is 16.4. The first-order valence-electron chi connectivity index (χ1n) is 7.55. The van der Waals surface area contributed by atoms with Gasteiger partial charge in [-0.2, -0.15) is 5.10 Å². The van der Waals surface area contributed by atoms with Gasteiger partial charge < -0.3 is 4.98 Å². The van der Waals surface area contributed by atoms with E-state index < -0.39 is 0 Å². The van der Waals surface area contributed by atoms with Crippen LogP contribution in [0.15, 0.2) is 72.1 Å². The minimum absolute atomic E-state index is 0.253. The third kappa shape index (κ3) is 2.63. The molecule has 0 fully saturated rings. The largest absolute Gasteiger partial charge is 0.361 e. The van der Waals surface area contributed by atoms with Gasteiger partial charge in [-0.1, -0.05) is 24.3 Å². The number of carbonyl (C=O) groups excluding carboxylic acids is 1. The summed E-state index contributed by atoms with van der Waals surface area (Å²) in [5.74, 6) is -0.253. The molecule has 116 valence electrons. The van der Waals surface area contributed by atoms with Crippen molar-refractivity contribution in [3.8, 4) is 0 Å². The minimum atomic E-state index is -0.253. The number of benzene rings is 2. The maximum atomic E-state index is 12.2. The van der Waals surface area contributed by atoms with E-state index in [-0.39, 0.29) is 5.91 Å². The molecule has 0 aliphatic carbocycles. The van der Waals surface area contributed by atoms with E-state index in [4.69, 9.17) is 0 Å². The van der Waals surface area contributed by atoms with Crippen molar-refractivity contribution in [2.75, 3.05) is 0 Å². The lowest BCUT2D eigenvalue weighted by Gasteiger charge is -2.01. The first-order valence-corrected chi connectivity index (χ1v) is 7.55. The zero-order valence-corrected chi connectivity index (χ0v) is 12.7. The van der Waals surface area contributed by atoms with Gasteiger partial charge in [0.1, 0.15) is 0 Å². The Bertz CT molecular complexity index is 1070. The fourth-order valence-corrected chi connectivity index (χ4v) is 2.64. The highest BCUT2D eigenvalue weighted by molar-refractivity contribution is 6.01. The van der Waals surface area contributed by atoms with E-state index >= 15 is 0 Å². The number of H-pyrrole nitrogens is 1. The van der Waals surface area contributed by atoms with E-state index in [0.29, 0.717) is 5.56 Å². The Morgan fingerprint density at radius 1 is 1.12 bits per heavy atom. The molecule has 2 heterocycles. The summed E-state index contributed by atoms with van der Waals surface area (Å²) in [6, 6.07) is 17.1. The second-order valence-corrected chi connectivity index (χ2v) is 5.40. The number of hydrazone groups is 1. The van der Waals surface area contributed by atoms with Crippen LogP contribution < -0.4 is 5.43 Å². The van der Waals surface area contributed by atoms with Crippen molar-refractivity contribution in [2.24, 2.45) is 5.10 Å². The van der Waals surface area contributed by atoms with Crippen LogP contribution in [0.1, 0.15) is 15.9 Å². The van der Waals surface area contributed by atoms with Gasteiger partial charge in [-0.3, -0.25) is 9.78 Å². The van der Waals surface area contributed by atoms with Crippen LogP contribution >= 0.6 is 0 Å². The molecule has 2 aromatic heterocycles. The van der Waals surface area contributed by atoms with Gasteiger partial charge in [0.25, 0.3) is 5.91 Å². The third-order valence-electron chi connectivity index (χ3n) is 3.86. The average Bonchev–Trinajstić information content (AvgIpc) is 3.04. The lowest BCUT2D eigenvalue weighted by atomic mass is 10.1. The fraction of sp³-hybridized carbons (Fsp3) is 0. The second-order valence-electron chi connectivity index (χ2n) is 5.40. The molecular weight excluding hydrogens is 300 g/mol. The molecule has 0 unspecified atom stereocenters. The molecule has 24 heavy (non-hydrogen) atoms. The number of nitrogens with one attached hydrogen (secondary N) is 2. The van der Waals surface area contributed by atoms with Crippen LogP contribution in [-0.2, 0) is 0 Å². The summed E-state index contributed by atoms with van der Waals surface area (Å²) in [6.45, 7) is 0. The topological polar surface area (TPSA) is 70.1 Å². The van der Waals surface area contributed by atoms with Gasteiger partial charge in [-0.05, 0) is 30.3 Å². The first-order chi connectivity index (χ1) is 11.8. The van der Waals surface area contributed by atoms with E-state index in [0.717, 1.165) is 27.4 Å². The van der Waals surface area contributed by atoms with Crippen molar-refractivity contribution in [3.63, 3.8) is 0 Å². The van der Waals surface area contributed by atoms with E-state index in [9.17, 15) is 4.79 Å². The number of pyridine rings is 1. The summed E-state index contributed by atoms with van der Waals surface area (Å²) < 4.78 is 0. The van der Waals surface area contributed by atoms with Gasteiger partial charge in [-0.25, -0.2) is 5.43 Å². The van der Waals surface area contributed by atoms with Gasteiger partial charge in [0.2, 0.25) is 0 Å². The highest BCUT2D eigenvalue weighted by Crippen LogP contribution is 2.16. The van der Waals surface area contributed by atoms with Gasteiger partial charge in [0.05, 0.1) is 11.7 Å². The van der Waals surface area contributed by atoms with Crippen molar-refractivity contribution in [1.29, 1.82) is 0 Å². The highest BCUT2D eigenvalue weighted by atomic mass is 16.2. The number of para-hydroxylation sites is 1. The Labute approximate surface area is 138 Å². The van der Waals surface area contributed by atoms with Crippen LogP contribution in [0.4, 0.5) is 0 Å². The molecule has 2 aromatic carbocycles. The van der Waals surface area contributed by atoms with Crippen LogP contribution in [0, 0.1) is 0 Å². The van der Waals surface area contributed by atoms with E-state index in [1.165, 1.54) is 0 Å². The summed E-state index contributed by atoms with van der Waals surface area (Å²) in [4.78, 5) is 19.6. The van der Waals surface area contributed by atoms with E-state index in [2.05, 4.69) is 20.5 Å². The molecule has 4 rings (SSSR count). The van der Waals surface area contributed by atoms with Gasteiger partial charge in [0.15, 0.2) is 0 Å². The third-order valence-corrected chi connectivity index (χ3v) is 3.86. The highest BCUT2D eigenvalue weighted by Gasteiger charge is 2.06. The number of hydrogen-bond acceptors (Lipinski definition) is 3. The van der Waals surface area contributed by atoms with Gasteiger partial charge in [-0.15, -0.1) is 0 Å². The molecule has 0 saturated carbocycles. The number of aromatic nitrogens is 2. The molecule has 0 atom stereocenters. The number of hydrogen-bond donors (Lipinski definition) is 2. The van der Waals surface area contributed by atoms with E-state index in [1.54, 1.807) is 24.5 Å². The van der Waals surface area contributed by atoms with Crippen LogP contribution in [0.2, 0.25) is 0 Å². The molecule has 0 bridgehead atoms. The monoisotopic (exact) mass is 314 g/mol. The van der Waals surface area contributed by atoms with E-state index in [1.807, 2.05) is 48.7 Å². The first kappa shape index (κ1) is 14.1. The molecule has 0 radical (unpaired) electrons. The lowest BCUT2D eigenvalue weighted by molar-refractivity contribution is 0.0955. The standard InChI is InChI=1S/C19H14N4O/c24-19(14-7-8-17-13(10-14)4-3-9-20-17)23-22-12-15-11-21-18-6-2-1-5-16(15)18/h1-12,21H,(H,23,24)/b22-12+. The van der Waals surface area contributed by atoms with Crippen LogP contribution in [0.3, 0.4) is 0 Å². The lowest BCUT2D eigenvalue weighted by Crippen LogP contribution is -2.17. The maximum Gasteiger partial charge on any atom is 0.271 e. The summed E-state index contributed by atoms with van der Waals surface area (Å²) in [5, 5.41) is 6.04. The summed E-state index contributed by atoms with van der Waals surface area (Å²) >= 11 is 0. The quantitative estimate of drug-likeness (QED) is 0.449. The molecule has 0 saturated heterocycles. The summed E-state index contributed by atoms with van der Waals surface area (Å²) in [6.07, 6.45) is 5.23. The predicted molar refractivity (Wildman–Crippen MR) is 95.1 cm³/mol. The van der Waals surface area contributed by atoms with Crippen LogP contribution in [0.5, 0.6) is 0 Å². The van der Waals surface area contributed by atoms with Crippen molar-refractivity contribution >= 4 is 33.9 Å².